The Balaban J connectivity index is 1.81. The third kappa shape index (κ3) is 2.73. The molecule has 0 bridgehead atoms. The Labute approximate surface area is 136 Å². The number of rotatable bonds is 4. The van der Waals surface area contributed by atoms with Crippen LogP contribution in [0.25, 0.3) is 0 Å². The van der Waals surface area contributed by atoms with E-state index in [1.54, 1.807) is 25.1 Å². The van der Waals surface area contributed by atoms with E-state index in [1.165, 1.54) is 29.5 Å². The molecule has 3 rings (SSSR count). The molecule has 2 atom stereocenters. The van der Waals surface area contributed by atoms with Crippen molar-refractivity contribution in [3.63, 3.8) is 0 Å². The molecule has 1 fully saturated rings. The van der Waals surface area contributed by atoms with Crippen LogP contribution in [-0.2, 0) is 10.3 Å². The summed E-state index contributed by atoms with van der Waals surface area (Å²) in [6, 6.07) is 8.46. The first-order valence-corrected chi connectivity index (χ1v) is 7.91. The number of thiophene rings is 1. The molecule has 120 valence electrons. The number of benzene rings is 1. The minimum Gasteiger partial charge on any atom is -0.387 e. The highest BCUT2D eigenvalue weighted by atomic mass is 32.1. The van der Waals surface area contributed by atoms with Crippen LogP contribution >= 0.6 is 11.3 Å². The largest absolute Gasteiger partial charge is 0.387 e. The van der Waals surface area contributed by atoms with Gasteiger partial charge in [-0.15, -0.1) is 11.3 Å². The Morgan fingerprint density at radius 2 is 2.13 bits per heavy atom. The fourth-order valence-electron chi connectivity index (χ4n) is 2.59. The van der Waals surface area contributed by atoms with Gasteiger partial charge in [0, 0.05) is 4.88 Å². The van der Waals surface area contributed by atoms with Gasteiger partial charge in [0.2, 0.25) is 0 Å². The SMILES string of the molecule is C[C@@]1(c2cccs2)NC(=O)N(C[C@@H](O)c2cccc(F)c2)C1=O. The van der Waals surface area contributed by atoms with Crippen molar-refractivity contribution in [1.29, 1.82) is 0 Å². The van der Waals surface area contributed by atoms with Crippen LogP contribution < -0.4 is 5.32 Å². The number of aliphatic hydroxyl groups excluding tert-OH is 1. The highest BCUT2D eigenvalue weighted by Crippen LogP contribution is 2.32. The minimum atomic E-state index is -1.15. The lowest BCUT2D eigenvalue weighted by molar-refractivity contribution is -0.132. The third-order valence-corrected chi connectivity index (χ3v) is 4.97. The smallest absolute Gasteiger partial charge is 0.325 e. The van der Waals surface area contributed by atoms with Crippen molar-refractivity contribution in [3.05, 3.63) is 58.0 Å². The summed E-state index contributed by atoms with van der Waals surface area (Å²) in [5.74, 6) is -0.914. The molecule has 0 radical (unpaired) electrons. The first-order chi connectivity index (χ1) is 10.9. The standard InChI is InChI=1S/C16H15FN2O3S/c1-16(13-6-3-7-23-13)14(21)19(15(22)18-16)9-12(20)10-4-2-5-11(17)8-10/h2-8,12,20H,9H2,1H3,(H,18,22)/t12-,16+/m1/s1. The van der Waals surface area contributed by atoms with Crippen LogP contribution in [0.15, 0.2) is 41.8 Å². The van der Waals surface area contributed by atoms with Crippen molar-refractivity contribution in [2.75, 3.05) is 6.54 Å². The number of carbonyl (C=O) groups excluding carboxylic acids is 2. The number of amides is 3. The average Bonchev–Trinajstić information content (AvgIpc) is 3.12. The van der Waals surface area contributed by atoms with E-state index in [0.29, 0.717) is 5.56 Å². The number of nitrogens with one attached hydrogen (secondary N) is 1. The zero-order chi connectivity index (χ0) is 16.6. The molecule has 5 nitrogen and oxygen atoms in total. The summed E-state index contributed by atoms with van der Waals surface area (Å²) >= 11 is 1.37. The molecule has 1 aromatic heterocycles. The van der Waals surface area contributed by atoms with Crippen LogP contribution in [0.5, 0.6) is 0 Å². The summed E-state index contributed by atoms with van der Waals surface area (Å²) in [6.07, 6.45) is -1.15. The molecule has 1 saturated heterocycles. The summed E-state index contributed by atoms with van der Waals surface area (Å²) in [4.78, 5) is 26.5. The number of β-amino-alcohol motifs (C(OH)–C–C–N with tert-alkyl or cyclic N) is 1. The molecule has 7 heteroatoms. The molecular formula is C16H15FN2O3S. The first kappa shape index (κ1) is 15.6. The van der Waals surface area contributed by atoms with Gasteiger partial charge in [-0.2, -0.15) is 0 Å². The lowest BCUT2D eigenvalue weighted by atomic mass is 10.0. The van der Waals surface area contributed by atoms with E-state index in [0.717, 1.165) is 9.78 Å². The molecule has 0 saturated carbocycles. The predicted molar refractivity (Wildman–Crippen MR) is 83.3 cm³/mol. The van der Waals surface area contributed by atoms with Gasteiger partial charge in [-0.1, -0.05) is 18.2 Å². The summed E-state index contributed by atoms with van der Waals surface area (Å²) in [5, 5.41) is 14.7. The zero-order valence-electron chi connectivity index (χ0n) is 12.3. The maximum absolute atomic E-state index is 13.2. The van der Waals surface area contributed by atoms with Gasteiger partial charge in [0.25, 0.3) is 5.91 Å². The summed E-state index contributed by atoms with van der Waals surface area (Å²) in [6.45, 7) is 1.41. The zero-order valence-corrected chi connectivity index (χ0v) is 13.1. The van der Waals surface area contributed by atoms with E-state index in [2.05, 4.69) is 5.32 Å². The second-order valence-electron chi connectivity index (χ2n) is 5.52. The minimum absolute atomic E-state index is 0.227. The number of imide groups is 1. The topological polar surface area (TPSA) is 69.6 Å². The monoisotopic (exact) mass is 334 g/mol. The number of halogens is 1. The molecule has 1 aromatic carbocycles. The van der Waals surface area contributed by atoms with Gasteiger partial charge in [0.15, 0.2) is 5.54 Å². The Hall–Kier alpha value is -2.25. The number of nitrogens with zero attached hydrogens (tertiary/aromatic N) is 1. The lowest BCUT2D eigenvalue weighted by Crippen LogP contribution is -2.40. The van der Waals surface area contributed by atoms with Crippen LogP contribution in [0, 0.1) is 5.82 Å². The van der Waals surface area contributed by atoms with Gasteiger partial charge in [0.1, 0.15) is 5.82 Å². The van der Waals surface area contributed by atoms with Crippen molar-refractivity contribution in [1.82, 2.24) is 10.2 Å². The van der Waals surface area contributed by atoms with Crippen LogP contribution in [0.1, 0.15) is 23.5 Å². The average molecular weight is 334 g/mol. The molecule has 3 amide bonds. The summed E-state index contributed by atoms with van der Waals surface area (Å²) in [7, 11) is 0. The molecule has 0 aliphatic carbocycles. The molecule has 1 aliphatic heterocycles. The van der Waals surface area contributed by atoms with Crippen LogP contribution in [-0.4, -0.2) is 28.5 Å². The second-order valence-corrected chi connectivity index (χ2v) is 6.47. The van der Waals surface area contributed by atoms with Crippen LogP contribution in [0.3, 0.4) is 0 Å². The van der Waals surface area contributed by atoms with E-state index in [1.807, 2.05) is 5.38 Å². The van der Waals surface area contributed by atoms with E-state index in [9.17, 15) is 19.1 Å². The van der Waals surface area contributed by atoms with Crippen LogP contribution in [0.2, 0.25) is 0 Å². The molecular weight excluding hydrogens is 319 g/mol. The Kier molecular flexibility index (Phi) is 3.91. The molecule has 23 heavy (non-hydrogen) atoms. The van der Waals surface area contributed by atoms with Crippen molar-refractivity contribution in [2.45, 2.75) is 18.6 Å². The molecule has 0 unspecified atom stereocenters. The fraction of sp³-hybridized carbons (Fsp3) is 0.250. The number of aliphatic hydroxyl groups is 1. The highest BCUT2D eigenvalue weighted by Gasteiger charge is 2.50. The van der Waals surface area contributed by atoms with Crippen LogP contribution in [0.4, 0.5) is 9.18 Å². The molecule has 2 heterocycles. The maximum atomic E-state index is 13.2. The number of carbonyl (C=O) groups is 2. The van der Waals surface area contributed by atoms with Crippen molar-refractivity contribution in [3.8, 4) is 0 Å². The van der Waals surface area contributed by atoms with Gasteiger partial charge < -0.3 is 10.4 Å². The number of urea groups is 1. The third-order valence-electron chi connectivity index (χ3n) is 3.88. The molecule has 2 aromatic rings. The normalized spacial score (nSPS) is 22.3. The quantitative estimate of drug-likeness (QED) is 0.844. The number of hydrogen-bond donors (Lipinski definition) is 2. The lowest BCUT2D eigenvalue weighted by Gasteiger charge is -2.21. The highest BCUT2D eigenvalue weighted by molar-refractivity contribution is 7.10. The number of hydrogen-bond acceptors (Lipinski definition) is 4. The van der Waals surface area contributed by atoms with E-state index >= 15 is 0 Å². The predicted octanol–water partition coefficient (Wildman–Crippen LogP) is 2.39. The molecule has 2 N–H and O–H groups in total. The van der Waals surface area contributed by atoms with E-state index in [-0.39, 0.29) is 6.54 Å². The molecule has 1 aliphatic rings. The van der Waals surface area contributed by atoms with Gasteiger partial charge in [-0.05, 0) is 36.1 Å². The van der Waals surface area contributed by atoms with Gasteiger partial charge in [0.05, 0.1) is 12.6 Å². The maximum Gasteiger partial charge on any atom is 0.325 e. The fourth-order valence-corrected chi connectivity index (χ4v) is 3.42. The summed E-state index contributed by atoms with van der Waals surface area (Å²) < 4.78 is 13.2. The Morgan fingerprint density at radius 1 is 1.35 bits per heavy atom. The Morgan fingerprint density at radius 3 is 2.78 bits per heavy atom. The Bertz CT molecular complexity index is 750. The van der Waals surface area contributed by atoms with Gasteiger partial charge >= 0.3 is 6.03 Å². The van der Waals surface area contributed by atoms with Crippen molar-refractivity contribution in [2.24, 2.45) is 0 Å². The van der Waals surface area contributed by atoms with E-state index < -0.39 is 29.4 Å². The van der Waals surface area contributed by atoms with Gasteiger partial charge in [-0.25, -0.2) is 9.18 Å². The van der Waals surface area contributed by atoms with Crippen molar-refractivity contribution < 1.29 is 19.1 Å². The van der Waals surface area contributed by atoms with Gasteiger partial charge in [-0.3, -0.25) is 9.69 Å². The second kappa shape index (κ2) is 5.75. The van der Waals surface area contributed by atoms with E-state index in [4.69, 9.17) is 0 Å². The van der Waals surface area contributed by atoms with Crippen molar-refractivity contribution >= 4 is 23.3 Å². The molecule has 0 spiro atoms. The summed E-state index contributed by atoms with van der Waals surface area (Å²) in [5.41, 5.74) is -0.817. The first-order valence-electron chi connectivity index (χ1n) is 7.03.